The van der Waals surface area contributed by atoms with Crippen molar-refractivity contribution in [2.24, 2.45) is 0 Å². The van der Waals surface area contributed by atoms with Gasteiger partial charge in [0.1, 0.15) is 5.60 Å². The molecule has 1 fully saturated rings. The Morgan fingerprint density at radius 1 is 1.39 bits per heavy atom. The number of aromatic nitrogens is 1. The summed E-state index contributed by atoms with van der Waals surface area (Å²) in [6.45, 7) is 7.86. The van der Waals surface area contributed by atoms with E-state index in [-0.39, 0.29) is 11.6 Å². The second-order valence-corrected chi connectivity index (χ2v) is 9.08. The van der Waals surface area contributed by atoms with Crippen molar-refractivity contribution in [1.82, 2.24) is 9.88 Å². The van der Waals surface area contributed by atoms with E-state index in [2.05, 4.69) is 4.98 Å². The number of carbonyl (C=O) groups is 1. The average Bonchev–Trinajstić information content (AvgIpc) is 2.45. The van der Waals surface area contributed by atoms with Crippen molar-refractivity contribution >= 4 is 15.9 Å². The molecule has 0 aliphatic carbocycles. The summed E-state index contributed by atoms with van der Waals surface area (Å²) in [5.41, 5.74) is 0.249. The second kappa shape index (κ2) is 6.47. The fourth-order valence-electron chi connectivity index (χ4n) is 2.52. The van der Waals surface area contributed by atoms with E-state index >= 15 is 0 Å². The normalized spacial score (nSPS) is 19.5. The molecule has 1 amide bonds. The van der Waals surface area contributed by atoms with Crippen molar-refractivity contribution in [2.75, 3.05) is 13.1 Å². The summed E-state index contributed by atoms with van der Waals surface area (Å²) in [5.74, 6) is 0. The lowest BCUT2D eigenvalue weighted by atomic mass is 10.1. The first-order valence-corrected chi connectivity index (χ1v) is 9.29. The molecule has 0 unspecified atom stereocenters. The molecule has 0 aromatic carbocycles. The van der Waals surface area contributed by atoms with Crippen molar-refractivity contribution in [3.05, 3.63) is 23.9 Å². The Labute approximate surface area is 137 Å². The third kappa shape index (κ3) is 4.43. The van der Waals surface area contributed by atoms with Gasteiger partial charge in [0.05, 0.1) is 5.25 Å². The van der Waals surface area contributed by atoms with Crippen LogP contribution in [0, 0.1) is 6.92 Å². The maximum absolute atomic E-state index is 12.8. The number of nitrogens with zero attached hydrogens (tertiary/aromatic N) is 2. The molecule has 0 radical (unpaired) electrons. The Hall–Kier alpha value is -1.63. The summed E-state index contributed by atoms with van der Waals surface area (Å²) in [4.78, 5) is 17.6. The first-order valence-electron chi connectivity index (χ1n) is 7.74. The van der Waals surface area contributed by atoms with E-state index in [4.69, 9.17) is 4.74 Å². The molecule has 0 saturated carbocycles. The van der Waals surface area contributed by atoms with Gasteiger partial charge in [-0.3, -0.25) is 0 Å². The number of rotatable bonds is 2. The van der Waals surface area contributed by atoms with E-state index in [0.29, 0.717) is 19.4 Å². The van der Waals surface area contributed by atoms with Crippen LogP contribution in [0.25, 0.3) is 0 Å². The summed E-state index contributed by atoms with van der Waals surface area (Å²) in [6.07, 6.45) is 2.19. The Kier molecular flexibility index (Phi) is 4.98. The number of pyridine rings is 1. The van der Waals surface area contributed by atoms with Crippen LogP contribution in [-0.2, 0) is 14.6 Å². The van der Waals surface area contributed by atoms with Crippen molar-refractivity contribution in [3.63, 3.8) is 0 Å². The SMILES string of the molecule is Cc1ccnc(S(=O)(=O)[C@@H]2CCCN(C(=O)OC(C)(C)C)C2)c1. The third-order valence-corrected chi connectivity index (χ3v) is 5.72. The van der Waals surface area contributed by atoms with Gasteiger partial charge in [0.25, 0.3) is 0 Å². The number of carbonyl (C=O) groups excluding carboxylic acids is 1. The zero-order valence-electron chi connectivity index (χ0n) is 14.1. The zero-order valence-corrected chi connectivity index (χ0v) is 14.9. The average molecular weight is 340 g/mol. The first-order chi connectivity index (χ1) is 10.6. The smallest absolute Gasteiger partial charge is 0.410 e. The highest BCUT2D eigenvalue weighted by Crippen LogP contribution is 2.24. The maximum Gasteiger partial charge on any atom is 0.410 e. The van der Waals surface area contributed by atoms with Crippen LogP contribution in [0.1, 0.15) is 39.2 Å². The molecule has 0 spiro atoms. The minimum absolute atomic E-state index is 0.0774. The molecule has 1 atom stereocenters. The minimum atomic E-state index is -3.56. The Bertz CT molecular complexity index is 680. The Morgan fingerprint density at radius 3 is 2.70 bits per heavy atom. The molecule has 1 aromatic heterocycles. The lowest BCUT2D eigenvalue weighted by Crippen LogP contribution is -2.47. The van der Waals surface area contributed by atoms with E-state index in [1.807, 2.05) is 6.92 Å². The van der Waals surface area contributed by atoms with Crippen LogP contribution in [0.4, 0.5) is 4.79 Å². The summed E-state index contributed by atoms with van der Waals surface area (Å²) >= 11 is 0. The molecule has 1 aliphatic heterocycles. The van der Waals surface area contributed by atoms with Crippen molar-refractivity contribution in [2.45, 2.75) is 56.4 Å². The van der Waals surface area contributed by atoms with Gasteiger partial charge in [-0.1, -0.05) is 0 Å². The van der Waals surface area contributed by atoms with Gasteiger partial charge in [-0.05, 0) is 58.2 Å². The molecule has 1 aliphatic rings. The van der Waals surface area contributed by atoms with Gasteiger partial charge < -0.3 is 9.64 Å². The molecule has 1 saturated heterocycles. The molecule has 6 nitrogen and oxygen atoms in total. The van der Waals surface area contributed by atoms with Gasteiger partial charge in [0.2, 0.25) is 0 Å². The number of likely N-dealkylation sites (tertiary alicyclic amines) is 1. The van der Waals surface area contributed by atoms with Gasteiger partial charge in [0.15, 0.2) is 14.9 Å². The van der Waals surface area contributed by atoms with E-state index in [1.54, 1.807) is 32.9 Å². The first kappa shape index (κ1) is 17.7. The highest BCUT2D eigenvalue weighted by molar-refractivity contribution is 7.92. The van der Waals surface area contributed by atoms with Gasteiger partial charge in [0, 0.05) is 19.3 Å². The molecule has 0 bridgehead atoms. The highest BCUT2D eigenvalue weighted by atomic mass is 32.2. The minimum Gasteiger partial charge on any atom is -0.444 e. The molecule has 2 heterocycles. The van der Waals surface area contributed by atoms with Crippen LogP contribution in [0.5, 0.6) is 0 Å². The van der Waals surface area contributed by atoms with Crippen LogP contribution in [0.3, 0.4) is 0 Å². The monoisotopic (exact) mass is 340 g/mol. The molecule has 23 heavy (non-hydrogen) atoms. The molecule has 2 rings (SSSR count). The summed E-state index contributed by atoms with van der Waals surface area (Å²) in [6, 6.07) is 3.33. The third-order valence-electron chi connectivity index (χ3n) is 3.65. The second-order valence-electron chi connectivity index (χ2n) is 6.91. The van der Waals surface area contributed by atoms with Crippen molar-refractivity contribution < 1.29 is 17.9 Å². The number of sulfone groups is 1. The Balaban J connectivity index is 2.16. The number of piperidine rings is 1. The predicted octanol–water partition coefficient (Wildman–Crippen LogP) is 2.56. The van der Waals surface area contributed by atoms with Gasteiger partial charge in [-0.25, -0.2) is 18.2 Å². The quantitative estimate of drug-likeness (QED) is 0.827. The lowest BCUT2D eigenvalue weighted by Gasteiger charge is -2.33. The number of ether oxygens (including phenoxy) is 1. The molecular formula is C16H24N2O4S. The molecule has 7 heteroatoms. The largest absolute Gasteiger partial charge is 0.444 e. The van der Waals surface area contributed by atoms with Crippen LogP contribution >= 0.6 is 0 Å². The van der Waals surface area contributed by atoms with Gasteiger partial charge >= 0.3 is 6.09 Å². The fraction of sp³-hybridized carbons (Fsp3) is 0.625. The van der Waals surface area contributed by atoms with E-state index in [9.17, 15) is 13.2 Å². The zero-order chi connectivity index (χ0) is 17.3. The van der Waals surface area contributed by atoms with Gasteiger partial charge in [-0.15, -0.1) is 0 Å². The van der Waals surface area contributed by atoms with Crippen LogP contribution in [-0.4, -0.2) is 48.3 Å². The molecule has 128 valence electrons. The van der Waals surface area contributed by atoms with E-state index in [0.717, 1.165) is 5.56 Å². The summed E-state index contributed by atoms with van der Waals surface area (Å²) in [5, 5.41) is -0.563. The van der Waals surface area contributed by atoms with Crippen LogP contribution in [0.2, 0.25) is 0 Å². The van der Waals surface area contributed by atoms with Crippen LogP contribution in [0.15, 0.2) is 23.4 Å². The van der Waals surface area contributed by atoms with E-state index in [1.165, 1.54) is 11.1 Å². The number of aryl methyl sites for hydroxylation is 1. The van der Waals surface area contributed by atoms with Crippen molar-refractivity contribution in [3.8, 4) is 0 Å². The summed E-state index contributed by atoms with van der Waals surface area (Å²) in [7, 11) is -3.56. The number of hydrogen-bond donors (Lipinski definition) is 0. The van der Waals surface area contributed by atoms with E-state index < -0.39 is 26.8 Å². The lowest BCUT2D eigenvalue weighted by molar-refractivity contribution is 0.0219. The predicted molar refractivity (Wildman–Crippen MR) is 87.0 cm³/mol. The van der Waals surface area contributed by atoms with Crippen molar-refractivity contribution in [1.29, 1.82) is 0 Å². The standard InChI is InChI=1S/C16H24N2O4S/c1-12-7-8-17-14(10-12)23(20,21)13-6-5-9-18(11-13)15(19)22-16(2,3)4/h7-8,10,13H,5-6,9,11H2,1-4H3/t13-/m1/s1. The van der Waals surface area contributed by atoms with Gasteiger partial charge in [-0.2, -0.15) is 0 Å². The fourth-order valence-corrected chi connectivity index (χ4v) is 4.27. The maximum atomic E-state index is 12.8. The Morgan fingerprint density at radius 2 is 2.09 bits per heavy atom. The summed E-state index contributed by atoms with van der Waals surface area (Å²) < 4.78 is 30.8. The molecule has 1 aromatic rings. The van der Waals surface area contributed by atoms with Crippen LogP contribution < -0.4 is 0 Å². The number of hydrogen-bond acceptors (Lipinski definition) is 5. The topological polar surface area (TPSA) is 76.6 Å². The molecular weight excluding hydrogens is 316 g/mol. The molecule has 0 N–H and O–H groups in total. The number of amides is 1. The highest BCUT2D eigenvalue weighted by Gasteiger charge is 2.36.